The smallest absolute Gasteiger partial charge is 0.156 e. The van der Waals surface area contributed by atoms with Crippen molar-refractivity contribution in [2.75, 3.05) is 12.3 Å². The minimum Gasteiger partial charge on any atom is -0.362 e. The maximum atomic E-state index is 4.93. The summed E-state index contributed by atoms with van der Waals surface area (Å²) in [5.74, 6) is 2.12. The van der Waals surface area contributed by atoms with Crippen LogP contribution in [0.2, 0.25) is 0 Å². The minimum absolute atomic E-state index is 0.559. The molecule has 2 aliphatic carbocycles. The minimum atomic E-state index is 0.559. The summed E-state index contributed by atoms with van der Waals surface area (Å²) < 4.78 is 0. The van der Waals surface area contributed by atoms with Gasteiger partial charge in [-0.05, 0) is 37.0 Å². The third-order valence-electron chi connectivity index (χ3n) is 5.66. The summed E-state index contributed by atoms with van der Waals surface area (Å²) in [6.45, 7) is 3.50. The van der Waals surface area contributed by atoms with Gasteiger partial charge >= 0.3 is 0 Å². The van der Waals surface area contributed by atoms with Crippen molar-refractivity contribution in [3.8, 4) is 0 Å². The quantitative estimate of drug-likeness (QED) is 0.715. The van der Waals surface area contributed by atoms with E-state index in [2.05, 4.69) is 12.2 Å². The molecule has 0 saturated heterocycles. The van der Waals surface area contributed by atoms with Crippen LogP contribution in [0, 0.1) is 11.3 Å². The third-order valence-corrected chi connectivity index (χ3v) is 6.93. The Labute approximate surface area is 128 Å². The van der Waals surface area contributed by atoms with Crippen molar-refractivity contribution in [1.29, 1.82) is 0 Å². The van der Waals surface area contributed by atoms with Crippen LogP contribution < -0.4 is 5.32 Å². The summed E-state index contributed by atoms with van der Waals surface area (Å²) in [5, 5.41) is 5.03. The van der Waals surface area contributed by atoms with E-state index in [-0.39, 0.29) is 0 Å². The topological polar surface area (TPSA) is 24.4 Å². The Balaban J connectivity index is 1.56. The lowest BCUT2D eigenvalue weighted by atomic mass is 9.75. The Kier molecular flexibility index (Phi) is 4.95. The fraction of sp³-hybridized carbons (Fsp3) is 0.941. The van der Waals surface area contributed by atoms with Gasteiger partial charge in [-0.3, -0.25) is 4.99 Å². The van der Waals surface area contributed by atoms with Crippen LogP contribution in [0.1, 0.15) is 71.1 Å². The van der Waals surface area contributed by atoms with Gasteiger partial charge in [-0.2, -0.15) is 0 Å². The highest BCUT2D eigenvalue weighted by Crippen LogP contribution is 2.41. The number of amidine groups is 1. The van der Waals surface area contributed by atoms with Crippen molar-refractivity contribution in [3.63, 3.8) is 0 Å². The molecule has 3 rings (SSSR count). The predicted octanol–water partition coefficient (Wildman–Crippen LogP) is 4.60. The first-order valence-corrected chi connectivity index (χ1v) is 9.70. The molecule has 0 amide bonds. The van der Waals surface area contributed by atoms with Crippen molar-refractivity contribution < 1.29 is 0 Å². The zero-order valence-electron chi connectivity index (χ0n) is 13.0. The molecular formula is C17H30N2S. The highest BCUT2D eigenvalue weighted by molar-refractivity contribution is 8.13. The van der Waals surface area contributed by atoms with Crippen LogP contribution in [0.5, 0.6) is 0 Å². The molecule has 0 radical (unpaired) electrons. The van der Waals surface area contributed by atoms with Crippen molar-refractivity contribution in [2.45, 2.75) is 77.2 Å². The van der Waals surface area contributed by atoms with Crippen molar-refractivity contribution >= 4 is 16.9 Å². The van der Waals surface area contributed by atoms with Gasteiger partial charge in [0.05, 0.1) is 0 Å². The fourth-order valence-electron chi connectivity index (χ4n) is 4.11. The van der Waals surface area contributed by atoms with Gasteiger partial charge < -0.3 is 5.32 Å². The largest absolute Gasteiger partial charge is 0.362 e. The lowest BCUT2D eigenvalue weighted by Crippen LogP contribution is -2.42. The first-order valence-electron chi connectivity index (χ1n) is 8.71. The van der Waals surface area contributed by atoms with Gasteiger partial charge in [0, 0.05) is 18.3 Å². The van der Waals surface area contributed by atoms with Crippen LogP contribution in [0.4, 0.5) is 0 Å². The van der Waals surface area contributed by atoms with Crippen LogP contribution in [-0.4, -0.2) is 23.5 Å². The van der Waals surface area contributed by atoms with Crippen molar-refractivity contribution in [3.05, 3.63) is 0 Å². The van der Waals surface area contributed by atoms with Gasteiger partial charge in [-0.1, -0.05) is 57.2 Å². The van der Waals surface area contributed by atoms with E-state index in [0.29, 0.717) is 11.5 Å². The van der Waals surface area contributed by atoms with E-state index >= 15 is 0 Å². The molecule has 2 saturated carbocycles. The van der Waals surface area contributed by atoms with Crippen LogP contribution >= 0.6 is 11.8 Å². The molecule has 20 heavy (non-hydrogen) atoms. The lowest BCUT2D eigenvalue weighted by Gasteiger charge is -2.39. The summed E-state index contributed by atoms with van der Waals surface area (Å²) in [4.78, 5) is 4.93. The summed E-state index contributed by atoms with van der Waals surface area (Å²) in [6.07, 6.45) is 14.1. The number of nitrogens with one attached hydrogen (secondary N) is 1. The molecule has 2 nitrogen and oxygen atoms in total. The van der Waals surface area contributed by atoms with E-state index in [1.54, 1.807) is 0 Å². The molecule has 1 N–H and O–H groups in total. The molecule has 0 bridgehead atoms. The van der Waals surface area contributed by atoms with E-state index in [4.69, 9.17) is 4.99 Å². The average molecular weight is 295 g/mol. The Bertz CT molecular complexity index is 347. The van der Waals surface area contributed by atoms with Gasteiger partial charge in [-0.15, -0.1) is 0 Å². The maximum Gasteiger partial charge on any atom is 0.156 e. The van der Waals surface area contributed by atoms with Gasteiger partial charge in [0.25, 0.3) is 0 Å². The van der Waals surface area contributed by atoms with E-state index in [1.807, 2.05) is 11.8 Å². The van der Waals surface area contributed by atoms with E-state index in [0.717, 1.165) is 12.5 Å². The van der Waals surface area contributed by atoms with Crippen LogP contribution in [-0.2, 0) is 0 Å². The molecule has 0 aromatic rings. The molecule has 1 spiro atoms. The zero-order chi connectivity index (χ0) is 13.8. The Morgan fingerprint density at radius 3 is 2.55 bits per heavy atom. The SMILES string of the molecule is CC1CCCCCC1NC1=NCC2(CCCCC2)CS1. The summed E-state index contributed by atoms with van der Waals surface area (Å²) in [5.41, 5.74) is 0.559. The number of hydrogen-bond acceptors (Lipinski definition) is 3. The van der Waals surface area contributed by atoms with Crippen molar-refractivity contribution in [2.24, 2.45) is 16.3 Å². The van der Waals surface area contributed by atoms with E-state index < -0.39 is 0 Å². The Morgan fingerprint density at radius 1 is 1.05 bits per heavy atom. The average Bonchev–Trinajstić information content (AvgIpc) is 2.68. The monoisotopic (exact) mass is 294 g/mol. The third kappa shape index (κ3) is 3.52. The molecule has 3 heteroatoms. The fourth-order valence-corrected chi connectivity index (χ4v) is 5.32. The summed E-state index contributed by atoms with van der Waals surface area (Å²) in [7, 11) is 0. The summed E-state index contributed by atoms with van der Waals surface area (Å²) in [6, 6.07) is 0.671. The molecule has 2 atom stereocenters. The van der Waals surface area contributed by atoms with E-state index in [9.17, 15) is 0 Å². The normalized spacial score (nSPS) is 34.4. The second-order valence-electron chi connectivity index (χ2n) is 7.34. The zero-order valence-corrected chi connectivity index (χ0v) is 13.8. The first kappa shape index (κ1) is 14.7. The van der Waals surface area contributed by atoms with Crippen molar-refractivity contribution in [1.82, 2.24) is 5.32 Å². The number of aliphatic imine (C=N–C) groups is 1. The van der Waals surface area contributed by atoms with Gasteiger partial charge in [0.15, 0.2) is 5.17 Å². The number of thioether (sulfide) groups is 1. The lowest BCUT2D eigenvalue weighted by molar-refractivity contribution is 0.232. The number of nitrogens with zero attached hydrogens (tertiary/aromatic N) is 1. The summed E-state index contributed by atoms with van der Waals surface area (Å²) >= 11 is 2.01. The second-order valence-corrected chi connectivity index (χ2v) is 8.30. The molecular weight excluding hydrogens is 264 g/mol. The molecule has 114 valence electrons. The van der Waals surface area contributed by atoms with Crippen LogP contribution in [0.3, 0.4) is 0 Å². The molecule has 0 aromatic carbocycles. The predicted molar refractivity (Wildman–Crippen MR) is 89.5 cm³/mol. The molecule has 1 aliphatic heterocycles. The molecule has 2 fully saturated rings. The number of hydrogen-bond donors (Lipinski definition) is 1. The highest BCUT2D eigenvalue weighted by Gasteiger charge is 2.35. The first-order chi connectivity index (χ1) is 9.77. The molecule has 1 heterocycles. The number of rotatable bonds is 1. The molecule has 2 unspecified atom stereocenters. The van der Waals surface area contributed by atoms with E-state index in [1.165, 1.54) is 75.1 Å². The van der Waals surface area contributed by atoms with Gasteiger partial charge in [0.1, 0.15) is 0 Å². The van der Waals surface area contributed by atoms with Gasteiger partial charge in [-0.25, -0.2) is 0 Å². The standard InChI is InChI=1S/C17H30N2S/c1-14-8-4-2-5-9-15(14)19-16-18-12-17(13-20-16)10-6-3-7-11-17/h14-15H,2-13H2,1H3,(H,18,19). The maximum absolute atomic E-state index is 4.93. The second kappa shape index (κ2) is 6.72. The Morgan fingerprint density at radius 2 is 1.80 bits per heavy atom. The highest BCUT2D eigenvalue weighted by atomic mass is 32.2. The Hall–Kier alpha value is -0.180. The van der Waals surface area contributed by atoms with Crippen LogP contribution in [0.15, 0.2) is 4.99 Å². The molecule has 3 aliphatic rings. The van der Waals surface area contributed by atoms with Crippen LogP contribution in [0.25, 0.3) is 0 Å². The van der Waals surface area contributed by atoms with Gasteiger partial charge in [0.2, 0.25) is 0 Å². The molecule has 0 aromatic heterocycles.